The standard InChI is InChI=1S/C17H25NO/c1-12(2)10-15-17(13(3)4,11-16(19)18-15)14-8-6-5-7-9-14/h5-9,12-13,15H,10-11H2,1-4H3,(H,18,19). The normalized spacial score (nSPS) is 27.1. The summed E-state index contributed by atoms with van der Waals surface area (Å²) in [4.78, 5) is 12.0. The molecule has 0 aromatic heterocycles. The zero-order valence-electron chi connectivity index (χ0n) is 12.4. The van der Waals surface area contributed by atoms with E-state index in [2.05, 4.69) is 57.3 Å². The molecule has 2 atom stereocenters. The van der Waals surface area contributed by atoms with E-state index >= 15 is 0 Å². The van der Waals surface area contributed by atoms with E-state index in [-0.39, 0.29) is 17.4 Å². The zero-order chi connectivity index (χ0) is 14.0. The Balaban J connectivity index is 2.45. The number of hydrogen-bond donors (Lipinski definition) is 1. The van der Waals surface area contributed by atoms with Crippen LogP contribution in [-0.2, 0) is 10.2 Å². The molecule has 2 unspecified atom stereocenters. The van der Waals surface area contributed by atoms with Crippen molar-refractivity contribution in [1.82, 2.24) is 5.32 Å². The monoisotopic (exact) mass is 259 g/mol. The SMILES string of the molecule is CC(C)CC1NC(=O)CC1(c1ccccc1)C(C)C. The molecule has 0 radical (unpaired) electrons. The Labute approximate surface area is 116 Å². The van der Waals surface area contributed by atoms with Crippen LogP contribution in [-0.4, -0.2) is 11.9 Å². The first-order valence-electron chi connectivity index (χ1n) is 7.31. The van der Waals surface area contributed by atoms with Crippen LogP contribution in [0.2, 0.25) is 0 Å². The Hall–Kier alpha value is -1.31. The van der Waals surface area contributed by atoms with Gasteiger partial charge in [-0.25, -0.2) is 0 Å². The first kappa shape index (κ1) is 14.1. The molecule has 1 heterocycles. The number of carbonyl (C=O) groups excluding carboxylic acids is 1. The summed E-state index contributed by atoms with van der Waals surface area (Å²) in [6.07, 6.45) is 1.66. The lowest BCUT2D eigenvalue weighted by molar-refractivity contribution is -0.119. The van der Waals surface area contributed by atoms with Crippen molar-refractivity contribution >= 4 is 5.91 Å². The molecule has 1 fully saturated rings. The summed E-state index contributed by atoms with van der Waals surface area (Å²) in [5.41, 5.74) is 1.25. The molecule has 0 aliphatic carbocycles. The van der Waals surface area contributed by atoms with E-state index in [9.17, 15) is 4.79 Å². The third-order valence-electron chi connectivity index (χ3n) is 4.46. The molecule has 2 nitrogen and oxygen atoms in total. The van der Waals surface area contributed by atoms with Gasteiger partial charge >= 0.3 is 0 Å². The third-order valence-corrected chi connectivity index (χ3v) is 4.46. The fraction of sp³-hybridized carbons (Fsp3) is 0.588. The Morgan fingerprint density at radius 3 is 2.37 bits per heavy atom. The topological polar surface area (TPSA) is 29.1 Å². The van der Waals surface area contributed by atoms with Crippen LogP contribution in [0, 0.1) is 11.8 Å². The molecule has 0 bridgehead atoms. The van der Waals surface area contributed by atoms with E-state index in [0.29, 0.717) is 18.3 Å². The Kier molecular flexibility index (Phi) is 3.98. The summed E-state index contributed by atoms with van der Waals surface area (Å²) in [6.45, 7) is 8.92. The van der Waals surface area contributed by atoms with Crippen LogP contribution in [0.15, 0.2) is 30.3 Å². The molecule has 104 valence electrons. The Morgan fingerprint density at radius 1 is 1.21 bits per heavy atom. The molecule has 0 saturated carbocycles. The second-order valence-corrected chi connectivity index (χ2v) is 6.49. The van der Waals surface area contributed by atoms with Crippen LogP contribution < -0.4 is 5.32 Å². The van der Waals surface area contributed by atoms with Crippen LogP contribution in [0.1, 0.15) is 46.1 Å². The molecule has 1 aliphatic heterocycles. The highest BCUT2D eigenvalue weighted by Crippen LogP contribution is 2.44. The predicted octanol–water partition coefficient (Wildman–Crippen LogP) is 3.52. The number of rotatable bonds is 4. The molecule has 1 N–H and O–H groups in total. The van der Waals surface area contributed by atoms with Gasteiger partial charge in [0, 0.05) is 17.9 Å². The van der Waals surface area contributed by atoms with Gasteiger partial charge in [-0.1, -0.05) is 58.0 Å². The second kappa shape index (κ2) is 5.36. The van der Waals surface area contributed by atoms with Gasteiger partial charge in [0.1, 0.15) is 0 Å². The van der Waals surface area contributed by atoms with Gasteiger partial charge in [-0.05, 0) is 23.8 Å². The summed E-state index contributed by atoms with van der Waals surface area (Å²) in [6, 6.07) is 10.8. The molecule has 1 amide bonds. The molecule has 1 aromatic rings. The molecule has 19 heavy (non-hydrogen) atoms. The number of benzene rings is 1. The molecular formula is C17H25NO. The lowest BCUT2D eigenvalue weighted by Gasteiger charge is -2.39. The van der Waals surface area contributed by atoms with Crippen molar-refractivity contribution in [3.63, 3.8) is 0 Å². The highest BCUT2D eigenvalue weighted by atomic mass is 16.2. The average Bonchev–Trinajstić information content (AvgIpc) is 2.67. The Bertz CT molecular complexity index is 438. The van der Waals surface area contributed by atoms with Crippen LogP contribution in [0.4, 0.5) is 0 Å². The molecule has 1 aromatic carbocycles. The lowest BCUT2D eigenvalue weighted by atomic mass is 9.65. The summed E-state index contributed by atoms with van der Waals surface area (Å²) in [7, 11) is 0. The third kappa shape index (κ3) is 2.54. The van der Waals surface area contributed by atoms with E-state index < -0.39 is 0 Å². The first-order chi connectivity index (χ1) is 8.96. The van der Waals surface area contributed by atoms with E-state index in [1.807, 2.05) is 6.07 Å². The van der Waals surface area contributed by atoms with Gasteiger partial charge in [-0.3, -0.25) is 4.79 Å². The summed E-state index contributed by atoms with van der Waals surface area (Å²) in [5.74, 6) is 1.23. The van der Waals surface area contributed by atoms with Crippen molar-refractivity contribution in [2.45, 2.75) is 52.0 Å². The maximum absolute atomic E-state index is 12.0. The highest BCUT2D eigenvalue weighted by molar-refractivity contribution is 5.81. The number of carbonyl (C=O) groups is 1. The number of hydrogen-bond acceptors (Lipinski definition) is 1. The minimum Gasteiger partial charge on any atom is -0.352 e. The van der Waals surface area contributed by atoms with Crippen molar-refractivity contribution in [3.05, 3.63) is 35.9 Å². The van der Waals surface area contributed by atoms with Gasteiger partial charge in [0.15, 0.2) is 0 Å². The molecule has 0 spiro atoms. The van der Waals surface area contributed by atoms with Crippen LogP contribution in [0.25, 0.3) is 0 Å². The maximum Gasteiger partial charge on any atom is 0.221 e. The predicted molar refractivity (Wildman–Crippen MR) is 79.0 cm³/mol. The van der Waals surface area contributed by atoms with Gasteiger partial charge in [0.2, 0.25) is 5.91 Å². The van der Waals surface area contributed by atoms with Gasteiger partial charge < -0.3 is 5.32 Å². The van der Waals surface area contributed by atoms with Gasteiger partial charge in [-0.15, -0.1) is 0 Å². The maximum atomic E-state index is 12.0. The fourth-order valence-corrected chi connectivity index (χ4v) is 3.50. The number of nitrogens with one attached hydrogen (secondary N) is 1. The molecular weight excluding hydrogens is 234 g/mol. The average molecular weight is 259 g/mol. The quantitative estimate of drug-likeness (QED) is 0.880. The van der Waals surface area contributed by atoms with Crippen molar-refractivity contribution in [1.29, 1.82) is 0 Å². The zero-order valence-corrected chi connectivity index (χ0v) is 12.4. The van der Waals surface area contributed by atoms with Crippen molar-refractivity contribution in [2.24, 2.45) is 11.8 Å². The summed E-state index contributed by atoms with van der Waals surface area (Å²) in [5, 5.41) is 3.22. The summed E-state index contributed by atoms with van der Waals surface area (Å²) >= 11 is 0. The highest BCUT2D eigenvalue weighted by Gasteiger charge is 2.49. The number of amides is 1. The minimum atomic E-state index is -0.0530. The van der Waals surface area contributed by atoms with E-state index in [1.165, 1.54) is 5.56 Å². The minimum absolute atomic E-state index is 0.0530. The summed E-state index contributed by atoms with van der Waals surface area (Å²) < 4.78 is 0. The smallest absolute Gasteiger partial charge is 0.221 e. The second-order valence-electron chi connectivity index (χ2n) is 6.49. The van der Waals surface area contributed by atoms with Crippen molar-refractivity contribution in [3.8, 4) is 0 Å². The van der Waals surface area contributed by atoms with Crippen LogP contribution in [0.5, 0.6) is 0 Å². The van der Waals surface area contributed by atoms with E-state index in [1.54, 1.807) is 0 Å². The van der Waals surface area contributed by atoms with Gasteiger partial charge in [-0.2, -0.15) is 0 Å². The largest absolute Gasteiger partial charge is 0.352 e. The van der Waals surface area contributed by atoms with Crippen LogP contribution in [0.3, 0.4) is 0 Å². The fourth-order valence-electron chi connectivity index (χ4n) is 3.50. The molecule has 1 aliphatic rings. The van der Waals surface area contributed by atoms with Gasteiger partial charge in [0.25, 0.3) is 0 Å². The van der Waals surface area contributed by atoms with Crippen molar-refractivity contribution in [2.75, 3.05) is 0 Å². The van der Waals surface area contributed by atoms with Gasteiger partial charge in [0.05, 0.1) is 0 Å². The van der Waals surface area contributed by atoms with Crippen molar-refractivity contribution < 1.29 is 4.79 Å². The van der Waals surface area contributed by atoms with E-state index in [4.69, 9.17) is 0 Å². The van der Waals surface area contributed by atoms with E-state index in [0.717, 1.165) is 6.42 Å². The molecule has 2 rings (SSSR count). The Morgan fingerprint density at radius 2 is 1.84 bits per heavy atom. The first-order valence-corrected chi connectivity index (χ1v) is 7.31. The molecule has 1 saturated heterocycles. The van der Waals surface area contributed by atoms with Crippen LogP contribution >= 0.6 is 0 Å². The molecule has 2 heteroatoms. The lowest BCUT2D eigenvalue weighted by Crippen LogP contribution is -2.45.